The molecule has 0 aliphatic heterocycles. The number of hydrogen-bond donors (Lipinski definition) is 0. The van der Waals surface area contributed by atoms with Crippen molar-refractivity contribution in [2.75, 3.05) is 6.61 Å². The minimum absolute atomic E-state index is 0.161. The summed E-state index contributed by atoms with van der Waals surface area (Å²) in [6.07, 6.45) is -3.98. The van der Waals surface area contributed by atoms with Crippen LogP contribution in [-0.2, 0) is 6.54 Å². The Morgan fingerprint density at radius 1 is 1.33 bits per heavy atom. The molecule has 0 aliphatic carbocycles. The van der Waals surface area contributed by atoms with Crippen LogP contribution in [0.1, 0.15) is 23.0 Å². The third-order valence-electron chi connectivity index (χ3n) is 2.63. The maximum Gasteiger partial charge on any atom is 0.456 e. The van der Waals surface area contributed by atoms with Gasteiger partial charge < -0.3 is 4.74 Å². The van der Waals surface area contributed by atoms with Gasteiger partial charge in [-0.05, 0) is 13.0 Å². The smallest absolute Gasteiger partial charge is 0.456 e. The first-order valence-electron chi connectivity index (χ1n) is 6.14. The van der Waals surface area contributed by atoms with Crippen molar-refractivity contribution < 1.29 is 22.7 Å². The minimum Gasteiger partial charge on any atom is -0.494 e. The lowest BCUT2D eigenvalue weighted by atomic mass is 10.2. The second-order valence-electron chi connectivity index (χ2n) is 4.17. The molecular weight excluding hydrogens is 287 g/mol. The standard InChI is InChI=1S/C13H12F3N3O2/c1-2-21-11-6-4-3-5-9(11)7-19-8-10(17-18-19)12(20)13(14,15)16/h3-6,8H,2,7H2,1H3. The molecule has 0 saturated carbocycles. The molecule has 0 aliphatic rings. The van der Waals surface area contributed by atoms with E-state index in [0.29, 0.717) is 12.4 Å². The number of benzene rings is 1. The number of para-hydroxylation sites is 1. The summed E-state index contributed by atoms with van der Waals surface area (Å²) in [5, 5.41) is 6.79. The average Bonchev–Trinajstić information content (AvgIpc) is 2.88. The van der Waals surface area contributed by atoms with Crippen LogP contribution >= 0.6 is 0 Å². The van der Waals surface area contributed by atoms with Crippen molar-refractivity contribution in [3.63, 3.8) is 0 Å². The lowest BCUT2D eigenvalue weighted by Gasteiger charge is -2.09. The van der Waals surface area contributed by atoms with E-state index in [1.807, 2.05) is 6.92 Å². The molecular formula is C13H12F3N3O2. The van der Waals surface area contributed by atoms with Gasteiger partial charge in [-0.15, -0.1) is 5.10 Å². The van der Waals surface area contributed by atoms with Crippen molar-refractivity contribution in [1.29, 1.82) is 0 Å². The maximum atomic E-state index is 12.3. The van der Waals surface area contributed by atoms with Crippen LogP contribution in [0.4, 0.5) is 13.2 Å². The quantitative estimate of drug-likeness (QED) is 0.796. The molecule has 2 rings (SSSR count). The number of Topliss-reactive ketones (excluding diaryl/α,β-unsaturated/α-hetero) is 1. The molecule has 21 heavy (non-hydrogen) atoms. The molecule has 0 fully saturated rings. The van der Waals surface area contributed by atoms with E-state index < -0.39 is 17.7 Å². The van der Waals surface area contributed by atoms with Crippen molar-refractivity contribution in [1.82, 2.24) is 15.0 Å². The number of carbonyl (C=O) groups excluding carboxylic acids is 1. The summed E-state index contributed by atoms with van der Waals surface area (Å²) in [5.41, 5.74) is 0.00616. The first-order chi connectivity index (χ1) is 9.91. The van der Waals surface area contributed by atoms with Crippen molar-refractivity contribution in [3.05, 3.63) is 41.7 Å². The first-order valence-corrected chi connectivity index (χ1v) is 6.14. The van der Waals surface area contributed by atoms with Crippen LogP contribution < -0.4 is 4.74 Å². The first kappa shape index (κ1) is 15.0. The van der Waals surface area contributed by atoms with Gasteiger partial charge in [-0.1, -0.05) is 23.4 Å². The summed E-state index contributed by atoms with van der Waals surface area (Å²) in [4.78, 5) is 11.0. The van der Waals surface area contributed by atoms with Gasteiger partial charge in [0.2, 0.25) is 0 Å². The third-order valence-corrected chi connectivity index (χ3v) is 2.63. The Morgan fingerprint density at radius 3 is 2.71 bits per heavy atom. The lowest BCUT2D eigenvalue weighted by molar-refractivity contribution is -0.0888. The van der Waals surface area contributed by atoms with E-state index >= 15 is 0 Å². The van der Waals surface area contributed by atoms with Gasteiger partial charge in [0, 0.05) is 5.56 Å². The van der Waals surface area contributed by atoms with Gasteiger partial charge in [0.05, 0.1) is 19.3 Å². The molecule has 0 radical (unpaired) electrons. The summed E-state index contributed by atoms with van der Waals surface area (Å²) < 4.78 is 43.4. The SMILES string of the molecule is CCOc1ccccc1Cn1cc(C(=O)C(F)(F)F)nn1. The largest absolute Gasteiger partial charge is 0.494 e. The van der Waals surface area contributed by atoms with Crippen LogP contribution in [0, 0.1) is 0 Å². The predicted molar refractivity (Wildman–Crippen MR) is 67.1 cm³/mol. The van der Waals surface area contributed by atoms with Crippen molar-refractivity contribution in [2.45, 2.75) is 19.6 Å². The minimum atomic E-state index is -4.95. The number of carbonyl (C=O) groups is 1. The summed E-state index contributed by atoms with van der Waals surface area (Å²) in [6, 6.07) is 7.07. The fourth-order valence-electron chi connectivity index (χ4n) is 1.73. The van der Waals surface area contributed by atoms with Gasteiger partial charge in [-0.2, -0.15) is 13.2 Å². The van der Waals surface area contributed by atoms with Crippen LogP contribution in [0.2, 0.25) is 0 Å². The number of rotatable bonds is 5. The van der Waals surface area contributed by atoms with E-state index in [2.05, 4.69) is 10.3 Å². The van der Waals surface area contributed by atoms with Gasteiger partial charge >= 0.3 is 6.18 Å². The third kappa shape index (κ3) is 3.59. The van der Waals surface area contributed by atoms with Gasteiger partial charge in [0.1, 0.15) is 5.75 Å². The van der Waals surface area contributed by atoms with E-state index in [1.54, 1.807) is 24.3 Å². The van der Waals surface area contributed by atoms with Gasteiger partial charge in [0.15, 0.2) is 5.69 Å². The Bertz CT molecular complexity index is 638. The van der Waals surface area contributed by atoms with E-state index in [9.17, 15) is 18.0 Å². The second kappa shape index (κ2) is 5.94. The topological polar surface area (TPSA) is 57.0 Å². The van der Waals surface area contributed by atoms with Crippen LogP contribution in [0.5, 0.6) is 5.75 Å². The normalized spacial score (nSPS) is 11.4. The molecule has 0 amide bonds. The molecule has 0 saturated heterocycles. The highest BCUT2D eigenvalue weighted by atomic mass is 19.4. The zero-order valence-electron chi connectivity index (χ0n) is 11.1. The van der Waals surface area contributed by atoms with Gasteiger partial charge in [0.25, 0.3) is 5.78 Å². The van der Waals surface area contributed by atoms with Crippen molar-refractivity contribution >= 4 is 5.78 Å². The highest BCUT2D eigenvalue weighted by Crippen LogP contribution is 2.21. The molecule has 1 aromatic heterocycles. The number of ketones is 1. The highest BCUT2D eigenvalue weighted by Gasteiger charge is 2.41. The van der Waals surface area contributed by atoms with Crippen LogP contribution in [-0.4, -0.2) is 33.6 Å². The summed E-state index contributed by atoms with van der Waals surface area (Å²) >= 11 is 0. The molecule has 2 aromatic rings. The molecule has 5 nitrogen and oxygen atoms in total. The van der Waals surface area contributed by atoms with Crippen LogP contribution in [0.25, 0.3) is 0 Å². The zero-order chi connectivity index (χ0) is 15.5. The number of nitrogens with zero attached hydrogens (tertiary/aromatic N) is 3. The Labute approximate surface area is 118 Å². The number of alkyl halides is 3. The molecule has 112 valence electrons. The van der Waals surface area contributed by atoms with Crippen molar-refractivity contribution in [3.8, 4) is 5.75 Å². The van der Waals surface area contributed by atoms with E-state index in [1.165, 1.54) is 0 Å². The van der Waals surface area contributed by atoms with Crippen molar-refractivity contribution in [2.24, 2.45) is 0 Å². The maximum absolute atomic E-state index is 12.3. The molecule has 0 bridgehead atoms. The second-order valence-corrected chi connectivity index (χ2v) is 4.17. The monoisotopic (exact) mass is 299 g/mol. The molecule has 1 heterocycles. The molecule has 0 unspecified atom stereocenters. The Balaban J connectivity index is 2.19. The number of ether oxygens (including phenoxy) is 1. The molecule has 0 N–H and O–H groups in total. The van der Waals surface area contributed by atoms with Gasteiger partial charge in [-0.3, -0.25) is 4.79 Å². The van der Waals surface area contributed by atoms with Gasteiger partial charge in [-0.25, -0.2) is 4.68 Å². The average molecular weight is 299 g/mol. The number of aromatic nitrogens is 3. The predicted octanol–water partition coefficient (Wildman–Crippen LogP) is 2.47. The summed E-state index contributed by atoms with van der Waals surface area (Å²) in [7, 11) is 0. The number of hydrogen-bond acceptors (Lipinski definition) is 4. The summed E-state index contributed by atoms with van der Waals surface area (Å²) in [6.45, 7) is 2.45. The van der Waals surface area contributed by atoms with Crippen LogP contribution in [0.15, 0.2) is 30.5 Å². The fourth-order valence-corrected chi connectivity index (χ4v) is 1.73. The lowest BCUT2D eigenvalue weighted by Crippen LogP contribution is -2.23. The highest BCUT2D eigenvalue weighted by molar-refractivity contribution is 5.98. The molecule has 8 heteroatoms. The van der Waals surface area contributed by atoms with E-state index in [4.69, 9.17) is 4.74 Å². The van der Waals surface area contributed by atoms with E-state index in [-0.39, 0.29) is 6.54 Å². The molecule has 1 aromatic carbocycles. The summed E-state index contributed by atoms with van der Waals surface area (Å²) in [5.74, 6) is -1.40. The number of halogens is 3. The van der Waals surface area contributed by atoms with E-state index in [0.717, 1.165) is 16.4 Å². The fraction of sp³-hybridized carbons (Fsp3) is 0.308. The molecule has 0 spiro atoms. The Hall–Kier alpha value is -2.38. The van der Waals surface area contributed by atoms with Crippen LogP contribution in [0.3, 0.4) is 0 Å². The Kier molecular flexibility index (Phi) is 4.25. The Morgan fingerprint density at radius 2 is 2.05 bits per heavy atom. The zero-order valence-corrected chi connectivity index (χ0v) is 11.1. The molecule has 0 atom stereocenters.